The summed E-state index contributed by atoms with van der Waals surface area (Å²) in [6.45, 7) is 3.96. The monoisotopic (exact) mass is 229 g/mol. The van der Waals surface area contributed by atoms with Gasteiger partial charge in [0.15, 0.2) is 0 Å². The van der Waals surface area contributed by atoms with E-state index in [1.165, 1.54) is 16.3 Å². The smallest absolute Gasteiger partial charge is 0.135 e. The molecule has 0 amide bonds. The van der Waals surface area contributed by atoms with Crippen molar-refractivity contribution in [2.45, 2.75) is 13.5 Å². The second-order valence-corrected chi connectivity index (χ2v) is 4.33. The standard InChI is InChI=1S/C14H19N3/c1-4-15-9-11-10-16-14(17(2)3)13-8-6-5-7-12(11)13/h5-8,10,15H,4,9H2,1-3H3. The van der Waals surface area contributed by atoms with Crippen LogP contribution in [0.1, 0.15) is 12.5 Å². The molecular weight excluding hydrogens is 210 g/mol. The lowest BCUT2D eigenvalue weighted by Crippen LogP contribution is -2.14. The third-order valence-corrected chi connectivity index (χ3v) is 2.85. The molecule has 0 fully saturated rings. The van der Waals surface area contributed by atoms with Gasteiger partial charge in [0, 0.05) is 32.2 Å². The molecule has 3 nitrogen and oxygen atoms in total. The van der Waals surface area contributed by atoms with Crippen molar-refractivity contribution in [1.82, 2.24) is 10.3 Å². The highest BCUT2D eigenvalue weighted by Gasteiger charge is 2.07. The molecule has 90 valence electrons. The van der Waals surface area contributed by atoms with Crippen LogP contribution in [0.5, 0.6) is 0 Å². The number of rotatable bonds is 4. The molecule has 2 aromatic rings. The fourth-order valence-electron chi connectivity index (χ4n) is 1.99. The predicted molar refractivity (Wildman–Crippen MR) is 73.5 cm³/mol. The second-order valence-electron chi connectivity index (χ2n) is 4.33. The highest BCUT2D eigenvalue weighted by atomic mass is 15.1. The van der Waals surface area contributed by atoms with Crippen LogP contribution < -0.4 is 10.2 Å². The summed E-state index contributed by atoms with van der Waals surface area (Å²) in [7, 11) is 4.05. The van der Waals surface area contributed by atoms with Crippen molar-refractivity contribution in [3.05, 3.63) is 36.0 Å². The van der Waals surface area contributed by atoms with Gasteiger partial charge < -0.3 is 10.2 Å². The molecule has 0 aliphatic heterocycles. The first-order valence-corrected chi connectivity index (χ1v) is 5.98. The highest BCUT2D eigenvalue weighted by Crippen LogP contribution is 2.25. The van der Waals surface area contributed by atoms with Gasteiger partial charge in [-0.3, -0.25) is 0 Å². The van der Waals surface area contributed by atoms with E-state index in [0.29, 0.717) is 0 Å². The minimum absolute atomic E-state index is 0.873. The number of hydrogen-bond acceptors (Lipinski definition) is 3. The quantitative estimate of drug-likeness (QED) is 0.872. The predicted octanol–water partition coefficient (Wildman–Crippen LogP) is 2.41. The van der Waals surface area contributed by atoms with E-state index in [1.807, 2.05) is 20.3 Å². The fraction of sp³-hybridized carbons (Fsp3) is 0.357. The Balaban J connectivity index is 2.54. The lowest BCUT2D eigenvalue weighted by Gasteiger charge is -2.16. The molecule has 0 bridgehead atoms. The number of aromatic nitrogens is 1. The Bertz CT molecular complexity index is 506. The molecule has 1 aromatic carbocycles. The van der Waals surface area contributed by atoms with E-state index >= 15 is 0 Å². The van der Waals surface area contributed by atoms with Crippen molar-refractivity contribution in [3.8, 4) is 0 Å². The molecule has 0 spiro atoms. The molecular formula is C14H19N3. The summed E-state index contributed by atoms with van der Waals surface area (Å²) in [6.07, 6.45) is 1.97. The van der Waals surface area contributed by atoms with E-state index in [0.717, 1.165) is 18.9 Å². The Morgan fingerprint density at radius 1 is 1.18 bits per heavy atom. The lowest BCUT2D eigenvalue weighted by atomic mass is 10.1. The zero-order chi connectivity index (χ0) is 12.3. The SMILES string of the molecule is CCNCc1cnc(N(C)C)c2ccccc12. The Kier molecular flexibility index (Phi) is 3.59. The molecule has 3 heteroatoms. The largest absolute Gasteiger partial charge is 0.362 e. The van der Waals surface area contributed by atoms with E-state index in [2.05, 4.69) is 46.4 Å². The number of pyridine rings is 1. The van der Waals surface area contributed by atoms with Crippen LogP contribution in [0.2, 0.25) is 0 Å². The number of nitrogens with zero attached hydrogens (tertiary/aromatic N) is 2. The maximum atomic E-state index is 4.55. The third kappa shape index (κ3) is 2.39. The zero-order valence-electron chi connectivity index (χ0n) is 10.7. The maximum Gasteiger partial charge on any atom is 0.135 e. The molecule has 1 heterocycles. The summed E-state index contributed by atoms with van der Waals surface area (Å²) in [5.41, 5.74) is 1.26. The number of nitrogens with one attached hydrogen (secondary N) is 1. The average molecular weight is 229 g/mol. The minimum atomic E-state index is 0.873. The number of hydrogen-bond donors (Lipinski definition) is 1. The summed E-state index contributed by atoms with van der Waals surface area (Å²) < 4.78 is 0. The van der Waals surface area contributed by atoms with Gasteiger partial charge in [0.05, 0.1) is 0 Å². The van der Waals surface area contributed by atoms with E-state index in [1.54, 1.807) is 0 Å². The van der Waals surface area contributed by atoms with Crippen LogP contribution >= 0.6 is 0 Å². The Morgan fingerprint density at radius 2 is 1.88 bits per heavy atom. The highest BCUT2D eigenvalue weighted by molar-refractivity contribution is 5.94. The molecule has 17 heavy (non-hydrogen) atoms. The Morgan fingerprint density at radius 3 is 2.53 bits per heavy atom. The van der Waals surface area contributed by atoms with Crippen molar-refractivity contribution in [2.24, 2.45) is 0 Å². The summed E-state index contributed by atoms with van der Waals surface area (Å²) in [6, 6.07) is 8.44. The first kappa shape index (κ1) is 11.9. The van der Waals surface area contributed by atoms with Crippen LogP contribution in [0.25, 0.3) is 10.8 Å². The fourth-order valence-corrected chi connectivity index (χ4v) is 1.99. The molecule has 0 saturated carbocycles. The normalized spacial score (nSPS) is 10.8. The zero-order valence-corrected chi connectivity index (χ0v) is 10.7. The topological polar surface area (TPSA) is 28.2 Å². The minimum Gasteiger partial charge on any atom is -0.362 e. The van der Waals surface area contributed by atoms with Crippen molar-refractivity contribution in [1.29, 1.82) is 0 Å². The summed E-state index contributed by atoms with van der Waals surface area (Å²) in [5.74, 6) is 1.03. The van der Waals surface area contributed by atoms with Crippen LogP contribution in [0.15, 0.2) is 30.5 Å². The summed E-state index contributed by atoms with van der Waals surface area (Å²) in [5, 5.41) is 5.85. The number of anilines is 1. The molecule has 1 N–H and O–H groups in total. The van der Waals surface area contributed by atoms with E-state index in [9.17, 15) is 0 Å². The van der Waals surface area contributed by atoms with Gasteiger partial charge >= 0.3 is 0 Å². The summed E-state index contributed by atoms with van der Waals surface area (Å²) in [4.78, 5) is 6.60. The van der Waals surface area contributed by atoms with Gasteiger partial charge in [0.2, 0.25) is 0 Å². The van der Waals surface area contributed by atoms with Gasteiger partial charge in [-0.1, -0.05) is 31.2 Å². The van der Waals surface area contributed by atoms with Crippen LogP contribution in [-0.4, -0.2) is 25.6 Å². The van der Waals surface area contributed by atoms with Crippen LogP contribution in [0.4, 0.5) is 5.82 Å². The van der Waals surface area contributed by atoms with Crippen molar-refractivity contribution >= 4 is 16.6 Å². The van der Waals surface area contributed by atoms with E-state index in [-0.39, 0.29) is 0 Å². The first-order chi connectivity index (χ1) is 8.24. The number of fused-ring (bicyclic) bond motifs is 1. The molecule has 0 saturated heterocycles. The van der Waals surface area contributed by atoms with Gasteiger partial charge in [-0.15, -0.1) is 0 Å². The van der Waals surface area contributed by atoms with Crippen molar-refractivity contribution < 1.29 is 0 Å². The Labute approximate surface area is 102 Å². The first-order valence-electron chi connectivity index (χ1n) is 5.98. The second kappa shape index (κ2) is 5.15. The van der Waals surface area contributed by atoms with Crippen molar-refractivity contribution in [3.63, 3.8) is 0 Å². The Hall–Kier alpha value is -1.61. The molecule has 0 radical (unpaired) electrons. The van der Waals surface area contributed by atoms with Crippen LogP contribution in [0.3, 0.4) is 0 Å². The third-order valence-electron chi connectivity index (χ3n) is 2.85. The summed E-state index contributed by atoms with van der Waals surface area (Å²) >= 11 is 0. The molecule has 0 atom stereocenters. The van der Waals surface area contributed by atoms with Crippen molar-refractivity contribution in [2.75, 3.05) is 25.5 Å². The molecule has 0 unspecified atom stereocenters. The van der Waals surface area contributed by atoms with E-state index < -0.39 is 0 Å². The maximum absolute atomic E-state index is 4.55. The van der Waals surface area contributed by atoms with Gasteiger partial charge in [0.25, 0.3) is 0 Å². The van der Waals surface area contributed by atoms with Gasteiger partial charge in [0.1, 0.15) is 5.82 Å². The van der Waals surface area contributed by atoms with Crippen LogP contribution in [-0.2, 0) is 6.54 Å². The van der Waals surface area contributed by atoms with Crippen LogP contribution in [0, 0.1) is 0 Å². The van der Waals surface area contributed by atoms with E-state index in [4.69, 9.17) is 0 Å². The average Bonchev–Trinajstić information content (AvgIpc) is 2.35. The molecule has 0 aliphatic rings. The van der Waals surface area contributed by atoms with Gasteiger partial charge in [-0.2, -0.15) is 0 Å². The van der Waals surface area contributed by atoms with Gasteiger partial charge in [-0.25, -0.2) is 4.98 Å². The molecule has 2 rings (SSSR count). The number of benzene rings is 1. The lowest BCUT2D eigenvalue weighted by molar-refractivity contribution is 0.728. The molecule has 1 aromatic heterocycles. The van der Waals surface area contributed by atoms with Gasteiger partial charge in [-0.05, 0) is 17.5 Å². The molecule has 0 aliphatic carbocycles.